The molecule has 1 aliphatic carbocycles. The fraction of sp³-hybridized carbons (Fsp3) is 0.680. The lowest BCUT2D eigenvalue weighted by Crippen LogP contribution is -2.05. The molecule has 0 amide bonds. The summed E-state index contributed by atoms with van der Waals surface area (Å²) in [6.45, 7) is 18.8. The maximum Gasteiger partial charge on any atom is -0.0236 e. The maximum absolute atomic E-state index is 4.00. The molecule has 0 N–H and O–H groups in total. The first-order chi connectivity index (χ1) is 12.0. The Morgan fingerprint density at radius 3 is 2.16 bits per heavy atom. The average Bonchev–Trinajstić information content (AvgIpc) is 3.36. The van der Waals surface area contributed by atoms with Gasteiger partial charge in [-0.05, 0) is 75.5 Å². The van der Waals surface area contributed by atoms with E-state index in [-0.39, 0.29) is 0 Å². The normalized spacial score (nSPS) is 20.8. The van der Waals surface area contributed by atoms with E-state index in [1.54, 1.807) is 5.57 Å². The summed E-state index contributed by atoms with van der Waals surface area (Å²) in [5.74, 6) is 3.39. The van der Waals surface area contributed by atoms with Crippen molar-refractivity contribution in [1.82, 2.24) is 0 Å². The van der Waals surface area contributed by atoms with Crippen LogP contribution in [0.15, 0.2) is 37.0 Å². The number of hydrogen-bond acceptors (Lipinski definition) is 0. The summed E-state index contributed by atoms with van der Waals surface area (Å²) < 4.78 is 0. The minimum absolute atomic E-state index is 0.621. The van der Waals surface area contributed by atoms with E-state index in [2.05, 4.69) is 78.9 Å². The minimum atomic E-state index is 0.621. The summed E-state index contributed by atoms with van der Waals surface area (Å²) in [6.07, 6.45) is 25.2. The molecule has 4 unspecified atom stereocenters. The zero-order valence-electron chi connectivity index (χ0n) is 17.8. The van der Waals surface area contributed by atoms with E-state index in [1.807, 2.05) is 0 Å². The van der Waals surface area contributed by atoms with Crippen LogP contribution in [0.2, 0.25) is 0 Å². The standard InChI is InChI=1S/C20H34.C3H8.C2H2/c1-6-8-12-19-15-20(19)13-10-9-11-16(3)14-18(5)17(4)7-2;1-3-2;1-2/h6-7,11,17-20H,1-2,8-10,12-15H2,3-5H3;3H2,1-2H3;1-2H/b16-11+;;. The molecule has 1 aliphatic rings. The zero-order valence-corrected chi connectivity index (χ0v) is 17.8. The predicted octanol–water partition coefficient (Wildman–Crippen LogP) is 8.22. The Labute approximate surface area is 159 Å². The molecule has 1 rings (SSSR count). The third-order valence-corrected chi connectivity index (χ3v) is 5.00. The highest BCUT2D eigenvalue weighted by atomic mass is 14.4. The van der Waals surface area contributed by atoms with E-state index >= 15 is 0 Å². The molecule has 0 bridgehead atoms. The average molecular weight is 345 g/mol. The molecule has 1 fully saturated rings. The highest BCUT2D eigenvalue weighted by Crippen LogP contribution is 2.45. The Bertz CT molecular complexity index is 371. The van der Waals surface area contributed by atoms with Crippen LogP contribution in [0.5, 0.6) is 0 Å². The highest BCUT2D eigenvalue weighted by molar-refractivity contribution is 5.00. The van der Waals surface area contributed by atoms with E-state index in [0.29, 0.717) is 5.92 Å². The van der Waals surface area contributed by atoms with Crippen molar-refractivity contribution in [2.75, 3.05) is 0 Å². The molecular weight excluding hydrogens is 300 g/mol. The molecule has 0 radical (unpaired) electrons. The fourth-order valence-corrected chi connectivity index (χ4v) is 3.09. The van der Waals surface area contributed by atoms with Gasteiger partial charge in [0.25, 0.3) is 0 Å². The van der Waals surface area contributed by atoms with Gasteiger partial charge in [-0.15, -0.1) is 26.0 Å². The quantitative estimate of drug-likeness (QED) is 0.201. The predicted molar refractivity (Wildman–Crippen MR) is 118 cm³/mol. The molecule has 0 aromatic carbocycles. The number of hydrogen-bond donors (Lipinski definition) is 0. The molecule has 0 aromatic heterocycles. The lowest BCUT2D eigenvalue weighted by Gasteiger charge is -2.16. The van der Waals surface area contributed by atoms with Gasteiger partial charge in [0, 0.05) is 0 Å². The fourth-order valence-electron chi connectivity index (χ4n) is 3.09. The SMILES string of the molecule is C#C.C=CCCC1CC1CCC/C=C(\C)CC(C)C(C)C=C.CCC. The third kappa shape index (κ3) is 14.8. The number of allylic oxidation sites excluding steroid dienone is 4. The van der Waals surface area contributed by atoms with Crippen LogP contribution in [-0.2, 0) is 0 Å². The smallest absolute Gasteiger partial charge is 0.0236 e. The van der Waals surface area contributed by atoms with E-state index < -0.39 is 0 Å². The lowest BCUT2D eigenvalue weighted by atomic mass is 9.90. The van der Waals surface area contributed by atoms with Gasteiger partial charge in [0.1, 0.15) is 0 Å². The number of terminal acetylenes is 1. The zero-order chi connectivity index (χ0) is 19.7. The first-order valence-corrected chi connectivity index (χ1v) is 10.2. The van der Waals surface area contributed by atoms with Crippen LogP contribution in [0.3, 0.4) is 0 Å². The van der Waals surface area contributed by atoms with Crippen LogP contribution < -0.4 is 0 Å². The van der Waals surface area contributed by atoms with Gasteiger partial charge in [-0.2, -0.15) is 0 Å². The first kappa shape index (κ1) is 26.0. The first-order valence-electron chi connectivity index (χ1n) is 10.2. The maximum atomic E-state index is 4.00. The van der Waals surface area contributed by atoms with Crippen LogP contribution >= 0.6 is 0 Å². The summed E-state index contributed by atoms with van der Waals surface area (Å²) in [4.78, 5) is 0. The molecule has 0 aromatic rings. The topological polar surface area (TPSA) is 0 Å². The molecule has 25 heavy (non-hydrogen) atoms. The molecule has 0 nitrogen and oxygen atoms in total. The van der Waals surface area contributed by atoms with E-state index in [4.69, 9.17) is 0 Å². The van der Waals surface area contributed by atoms with Gasteiger partial charge in [0.15, 0.2) is 0 Å². The van der Waals surface area contributed by atoms with Crippen LogP contribution in [0.4, 0.5) is 0 Å². The second kappa shape index (κ2) is 17.6. The molecule has 0 heterocycles. The van der Waals surface area contributed by atoms with Gasteiger partial charge >= 0.3 is 0 Å². The van der Waals surface area contributed by atoms with Gasteiger partial charge in [-0.25, -0.2) is 0 Å². The summed E-state index contributed by atoms with van der Waals surface area (Å²) in [7, 11) is 0. The molecule has 1 saturated carbocycles. The summed E-state index contributed by atoms with van der Waals surface area (Å²) >= 11 is 0. The second-order valence-electron chi connectivity index (χ2n) is 7.59. The van der Waals surface area contributed by atoms with Gasteiger partial charge in [0.05, 0.1) is 0 Å². The molecule has 0 aliphatic heterocycles. The molecule has 144 valence electrons. The van der Waals surface area contributed by atoms with Crippen molar-refractivity contribution in [2.24, 2.45) is 23.7 Å². The molecular formula is C25H44. The summed E-state index contributed by atoms with van der Waals surface area (Å²) in [6, 6.07) is 0. The molecule has 4 atom stereocenters. The Morgan fingerprint density at radius 1 is 1.08 bits per heavy atom. The minimum Gasteiger partial charge on any atom is -0.124 e. The van der Waals surface area contributed by atoms with Crippen LogP contribution in [0, 0.1) is 36.5 Å². The Balaban J connectivity index is 0. The van der Waals surface area contributed by atoms with Crippen molar-refractivity contribution < 1.29 is 0 Å². The number of unbranched alkanes of at least 4 members (excludes halogenated alkanes) is 1. The van der Waals surface area contributed by atoms with Crippen LogP contribution in [-0.4, -0.2) is 0 Å². The third-order valence-electron chi connectivity index (χ3n) is 5.00. The van der Waals surface area contributed by atoms with Gasteiger partial charge < -0.3 is 0 Å². The van der Waals surface area contributed by atoms with Crippen molar-refractivity contribution in [1.29, 1.82) is 0 Å². The highest BCUT2D eigenvalue weighted by Gasteiger charge is 2.34. The Kier molecular flexibility index (Phi) is 18.3. The molecule has 0 heteroatoms. The van der Waals surface area contributed by atoms with E-state index in [0.717, 1.165) is 17.8 Å². The lowest BCUT2D eigenvalue weighted by molar-refractivity contribution is 0.456. The summed E-state index contributed by atoms with van der Waals surface area (Å²) in [5.41, 5.74) is 1.56. The van der Waals surface area contributed by atoms with Crippen molar-refractivity contribution in [3.05, 3.63) is 37.0 Å². The number of rotatable bonds is 11. The largest absolute Gasteiger partial charge is 0.124 e. The molecule has 0 spiro atoms. The van der Waals surface area contributed by atoms with E-state index in [9.17, 15) is 0 Å². The van der Waals surface area contributed by atoms with Crippen LogP contribution in [0.25, 0.3) is 0 Å². The Hall–Kier alpha value is -1.22. The van der Waals surface area contributed by atoms with Crippen molar-refractivity contribution in [2.45, 2.75) is 86.0 Å². The molecule has 0 saturated heterocycles. The van der Waals surface area contributed by atoms with Crippen molar-refractivity contribution in [3.63, 3.8) is 0 Å². The van der Waals surface area contributed by atoms with Crippen molar-refractivity contribution in [3.8, 4) is 12.8 Å². The second-order valence-corrected chi connectivity index (χ2v) is 7.59. The summed E-state index contributed by atoms with van der Waals surface area (Å²) in [5, 5.41) is 0. The Morgan fingerprint density at radius 2 is 1.64 bits per heavy atom. The van der Waals surface area contributed by atoms with Crippen molar-refractivity contribution >= 4 is 0 Å². The van der Waals surface area contributed by atoms with Gasteiger partial charge in [-0.1, -0.05) is 57.9 Å². The van der Waals surface area contributed by atoms with Gasteiger partial charge in [0.2, 0.25) is 0 Å². The van der Waals surface area contributed by atoms with Crippen LogP contribution in [0.1, 0.15) is 86.0 Å². The van der Waals surface area contributed by atoms with Gasteiger partial charge in [-0.3, -0.25) is 0 Å². The monoisotopic (exact) mass is 344 g/mol. The van der Waals surface area contributed by atoms with E-state index in [1.165, 1.54) is 51.4 Å².